The molecule has 1 aromatic heterocycles. The summed E-state index contributed by atoms with van der Waals surface area (Å²) < 4.78 is 25.1. The van der Waals surface area contributed by atoms with Crippen molar-refractivity contribution in [3.05, 3.63) is 41.3 Å². The second kappa shape index (κ2) is 3.41. The summed E-state index contributed by atoms with van der Waals surface area (Å²) in [6.07, 6.45) is 0. The molecule has 86 valence electrons. The zero-order valence-electron chi connectivity index (χ0n) is 8.51. The fraction of sp³-hybridized carbons (Fsp3) is 0. The molecule has 4 nitrogen and oxygen atoms in total. The molecule has 17 heavy (non-hydrogen) atoms. The Kier molecular flexibility index (Phi) is 2.11. The van der Waals surface area contributed by atoms with Crippen molar-refractivity contribution in [2.75, 3.05) is 0 Å². The highest BCUT2D eigenvalue weighted by molar-refractivity contribution is 7.91. The maximum atomic E-state index is 11.6. The predicted molar refractivity (Wildman–Crippen MR) is 64.4 cm³/mol. The quantitative estimate of drug-likeness (QED) is 0.855. The molecule has 0 spiro atoms. The lowest BCUT2D eigenvalue weighted by Gasteiger charge is -1.96. The van der Waals surface area contributed by atoms with E-state index in [4.69, 9.17) is 0 Å². The maximum absolute atomic E-state index is 11.6. The zero-order chi connectivity index (χ0) is 12.0. The van der Waals surface area contributed by atoms with Gasteiger partial charge in [0.2, 0.25) is 0 Å². The maximum Gasteiger partial charge on any atom is 0.276 e. The van der Waals surface area contributed by atoms with Gasteiger partial charge in [0.15, 0.2) is 0 Å². The number of benzene rings is 1. The van der Waals surface area contributed by atoms with E-state index in [0.717, 1.165) is 10.4 Å². The molecule has 2 heterocycles. The molecule has 1 aliphatic rings. The van der Waals surface area contributed by atoms with Crippen LogP contribution in [0.15, 0.2) is 41.3 Å². The van der Waals surface area contributed by atoms with E-state index < -0.39 is 15.9 Å². The van der Waals surface area contributed by atoms with Crippen LogP contribution in [0.5, 0.6) is 0 Å². The Morgan fingerprint density at radius 1 is 1.12 bits per heavy atom. The fourth-order valence-electron chi connectivity index (χ4n) is 1.70. The lowest BCUT2D eigenvalue weighted by atomic mass is 10.2. The number of thiophene rings is 1. The van der Waals surface area contributed by atoms with Crippen molar-refractivity contribution in [3.63, 3.8) is 0 Å². The number of amides is 1. The molecular formula is C11H7NO3S2. The van der Waals surface area contributed by atoms with E-state index in [9.17, 15) is 13.2 Å². The first-order valence-corrected chi connectivity index (χ1v) is 7.14. The average molecular weight is 265 g/mol. The van der Waals surface area contributed by atoms with E-state index in [-0.39, 0.29) is 9.77 Å². The van der Waals surface area contributed by atoms with Gasteiger partial charge in [-0.3, -0.25) is 4.79 Å². The molecule has 6 heteroatoms. The number of hydrogen-bond donors (Lipinski definition) is 1. The molecule has 1 aliphatic heterocycles. The number of carbonyl (C=O) groups is 1. The van der Waals surface area contributed by atoms with Crippen LogP contribution >= 0.6 is 11.3 Å². The first-order chi connectivity index (χ1) is 8.08. The van der Waals surface area contributed by atoms with Crippen molar-refractivity contribution in [3.8, 4) is 10.4 Å². The Hall–Kier alpha value is -1.66. The average Bonchev–Trinajstić information content (AvgIpc) is 2.82. The van der Waals surface area contributed by atoms with Crippen molar-refractivity contribution in [2.24, 2.45) is 0 Å². The van der Waals surface area contributed by atoms with Crippen LogP contribution in [0.3, 0.4) is 0 Å². The van der Waals surface area contributed by atoms with Crippen LogP contribution in [0.25, 0.3) is 10.4 Å². The van der Waals surface area contributed by atoms with Gasteiger partial charge in [0, 0.05) is 4.88 Å². The third-order valence-electron chi connectivity index (χ3n) is 2.48. The highest BCUT2D eigenvalue weighted by atomic mass is 32.2. The van der Waals surface area contributed by atoms with E-state index in [0.29, 0.717) is 0 Å². The smallest absolute Gasteiger partial charge is 0.267 e. The minimum absolute atomic E-state index is 0.0892. The van der Waals surface area contributed by atoms with Gasteiger partial charge in [0.05, 0.1) is 0 Å². The van der Waals surface area contributed by atoms with E-state index in [1.165, 1.54) is 11.3 Å². The molecule has 1 amide bonds. The van der Waals surface area contributed by atoms with Crippen molar-refractivity contribution < 1.29 is 13.2 Å². The van der Waals surface area contributed by atoms with Crippen molar-refractivity contribution in [1.29, 1.82) is 0 Å². The van der Waals surface area contributed by atoms with Crippen LogP contribution in [0, 0.1) is 0 Å². The van der Waals surface area contributed by atoms with Gasteiger partial charge in [-0.05, 0) is 11.6 Å². The summed E-state index contributed by atoms with van der Waals surface area (Å²) in [4.78, 5) is 12.6. The summed E-state index contributed by atoms with van der Waals surface area (Å²) in [7, 11) is -3.63. The van der Waals surface area contributed by atoms with Crippen LogP contribution < -0.4 is 4.72 Å². The molecule has 3 rings (SSSR count). The molecular weight excluding hydrogens is 258 g/mol. The highest BCUT2D eigenvalue weighted by Crippen LogP contribution is 2.36. The van der Waals surface area contributed by atoms with Crippen LogP contribution in [0.1, 0.15) is 9.67 Å². The SMILES string of the molecule is O=C1NS(=O)(=O)c2cc(-c3ccccc3)sc21. The number of fused-ring (bicyclic) bond motifs is 1. The molecule has 1 N–H and O–H groups in total. The molecule has 0 saturated heterocycles. The van der Waals surface area contributed by atoms with Gasteiger partial charge >= 0.3 is 0 Å². The summed E-state index contributed by atoms with van der Waals surface area (Å²) >= 11 is 1.19. The number of sulfonamides is 1. The third kappa shape index (κ3) is 1.57. The lowest BCUT2D eigenvalue weighted by molar-refractivity contribution is 0.0989. The zero-order valence-corrected chi connectivity index (χ0v) is 10.1. The summed E-state index contributed by atoms with van der Waals surface area (Å²) in [5, 5.41) is 0. The summed E-state index contributed by atoms with van der Waals surface area (Å²) in [5.41, 5.74) is 0.912. The standard InChI is InChI=1S/C11H7NO3S2/c13-11-10-9(17(14,15)12-11)6-8(16-10)7-4-2-1-3-5-7/h1-6H,(H,12,13). The minimum Gasteiger partial charge on any atom is -0.267 e. The van der Waals surface area contributed by atoms with Crippen molar-refractivity contribution >= 4 is 27.3 Å². The van der Waals surface area contributed by atoms with E-state index >= 15 is 0 Å². The molecule has 0 aliphatic carbocycles. The van der Waals surface area contributed by atoms with Crippen LogP contribution in [0.4, 0.5) is 0 Å². The monoisotopic (exact) mass is 265 g/mol. The Bertz CT molecular complexity index is 702. The van der Waals surface area contributed by atoms with Crippen LogP contribution in [0.2, 0.25) is 0 Å². The Morgan fingerprint density at radius 3 is 2.47 bits per heavy atom. The van der Waals surface area contributed by atoms with E-state index in [1.807, 2.05) is 35.1 Å². The first kappa shape index (κ1) is 10.5. The minimum atomic E-state index is -3.63. The van der Waals surface area contributed by atoms with E-state index in [1.54, 1.807) is 6.07 Å². The molecule has 0 saturated carbocycles. The third-order valence-corrected chi connectivity index (χ3v) is 5.15. The van der Waals surface area contributed by atoms with Gasteiger partial charge in [-0.15, -0.1) is 11.3 Å². The fourth-order valence-corrected chi connectivity index (χ4v) is 4.31. The summed E-state index contributed by atoms with van der Waals surface area (Å²) in [6.45, 7) is 0. The van der Waals surface area contributed by atoms with Gasteiger partial charge in [-0.2, -0.15) is 0 Å². The molecule has 0 fully saturated rings. The molecule has 2 aromatic rings. The topological polar surface area (TPSA) is 63.2 Å². The Labute approximate surface area is 102 Å². The molecule has 0 atom stereocenters. The van der Waals surface area contributed by atoms with Gasteiger partial charge in [-0.25, -0.2) is 13.1 Å². The number of nitrogens with one attached hydrogen (secondary N) is 1. The predicted octanol–water partition coefficient (Wildman–Crippen LogP) is 1.85. The lowest BCUT2D eigenvalue weighted by Crippen LogP contribution is -2.20. The molecule has 1 aromatic carbocycles. The Balaban J connectivity index is 2.20. The van der Waals surface area contributed by atoms with Crippen LogP contribution in [-0.2, 0) is 10.0 Å². The second-order valence-corrected chi connectivity index (χ2v) is 6.31. The Morgan fingerprint density at radius 2 is 1.82 bits per heavy atom. The summed E-state index contributed by atoms with van der Waals surface area (Å²) in [5.74, 6) is -0.535. The number of rotatable bonds is 1. The number of hydrogen-bond acceptors (Lipinski definition) is 4. The molecule has 0 unspecified atom stereocenters. The van der Waals surface area contributed by atoms with E-state index in [2.05, 4.69) is 0 Å². The summed E-state index contributed by atoms with van der Waals surface area (Å²) in [6, 6.07) is 10.9. The van der Waals surface area contributed by atoms with Gasteiger partial charge in [-0.1, -0.05) is 30.3 Å². The van der Waals surface area contributed by atoms with Crippen molar-refractivity contribution in [2.45, 2.75) is 4.90 Å². The van der Waals surface area contributed by atoms with Crippen LogP contribution in [-0.4, -0.2) is 14.3 Å². The largest absolute Gasteiger partial charge is 0.276 e. The first-order valence-electron chi connectivity index (χ1n) is 4.84. The highest BCUT2D eigenvalue weighted by Gasteiger charge is 2.35. The van der Waals surface area contributed by atoms with Gasteiger partial charge in [0.1, 0.15) is 9.77 Å². The number of carbonyl (C=O) groups excluding carboxylic acids is 1. The normalized spacial score (nSPS) is 16.6. The molecule has 0 bridgehead atoms. The van der Waals surface area contributed by atoms with Gasteiger partial charge in [0.25, 0.3) is 15.9 Å². The van der Waals surface area contributed by atoms with Gasteiger partial charge < -0.3 is 0 Å². The van der Waals surface area contributed by atoms with Crippen molar-refractivity contribution in [1.82, 2.24) is 4.72 Å². The molecule has 0 radical (unpaired) electrons. The second-order valence-electron chi connectivity index (χ2n) is 3.60.